The first-order valence-corrected chi connectivity index (χ1v) is 9.24. The van der Waals surface area contributed by atoms with Crippen LogP contribution in [0.4, 0.5) is 5.82 Å². The third kappa shape index (κ3) is 3.70. The van der Waals surface area contributed by atoms with Gasteiger partial charge in [0, 0.05) is 43.6 Å². The Morgan fingerprint density at radius 2 is 1.83 bits per heavy atom. The number of hydrogen-bond acceptors (Lipinski definition) is 4. The van der Waals surface area contributed by atoms with Gasteiger partial charge >= 0.3 is 0 Å². The zero-order valence-corrected chi connectivity index (χ0v) is 15.5. The summed E-state index contributed by atoms with van der Waals surface area (Å²) in [5, 5.41) is 0. The highest BCUT2D eigenvalue weighted by molar-refractivity contribution is 5.81. The Morgan fingerprint density at radius 1 is 1.12 bits per heavy atom. The number of aryl methyl sites for hydroxylation is 1. The number of likely N-dealkylation sites (tertiary alicyclic amines) is 1. The van der Waals surface area contributed by atoms with E-state index in [1.54, 1.807) is 0 Å². The third-order valence-corrected chi connectivity index (χ3v) is 5.04. The van der Waals surface area contributed by atoms with Gasteiger partial charge in [-0.05, 0) is 32.6 Å². The van der Waals surface area contributed by atoms with Crippen LogP contribution in [0.25, 0.3) is 0 Å². The number of carbonyl (C=O) groups excluding carboxylic acids is 1. The van der Waals surface area contributed by atoms with Gasteiger partial charge in [0.1, 0.15) is 11.6 Å². The molecule has 0 unspecified atom stereocenters. The second-order valence-corrected chi connectivity index (χ2v) is 8.23. The Bertz CT molecular complexity index is 602. The maximum atomic E-state index is 12.6. The van der Waals surface area contributed by atoms with E-state index in [-0.39, 0.29) is 11.3 Å². The van der Waals surface area contributed by atoms with Crippen LogP contribution in [-0.2, 0) is 4.79 Å². The van der Waals surface area contributed by atoms with E-state index in [1.807, 2.05) is 32.6 Å². The number of piperidine rings is 1. The molecule has 0 aromatic carbocycles. The molecule has 3 heterocycles. The molecule has 1 amide bonds. The van der Waals surface area contributed by atoms with Gasteiger partial charge in [0.15, 0.2) is 0 Å². The minimum Gasteiger partial charge on any atom is -0.357 e. The lowest BCUT2D eigenvalue weighted by atomic mass is 9.90. The van der Waals surface area contributed by atoms with Crippen LogP contribution in [0.2, 0.25) is 0 Å². The van der Waals surface area contributed by atoms with E-state index in [2.05, 4.69) is 16.0 Å². The molecule has 0 aliphatic carbocycles. The summed E-state index contributed by atoms with van der Waals surface area (Å²) >= 11 is 0. The lowest BCUT2D eigenvalue weighted by Gasteiger charge is -2.36. The fourth-order valence-electron chi connectivity index (χ4n) is 3.77. The molecule has 1 atom stereocenters. The van der Waals surface area contributed by atoms with Crippen molar-refractivity contribution in [3.8, 4) is 0 Å². The first kappa shape index (κ1) is 17.2. The van der Waals surface area contributed by atoms with Gasteiger partial charge in [0.25, 0.3) is 0 Å². The summed E-state index contributed by atoms with van der Waals surface area (Å²) in [4.78, 5) is 26.4. The number of nitrogens with zero attached hydrogens (tertiary/aromatic N) is 4. The first-order chi connectivity index (χ1) is 11.3. The molecule has 2 aliphatic heterocycles. The van der Waals surface area contributed by atoms with Gasteiger partial charge in [-0.2, -0.15) is 0 Å². The van der Waals surface area contributed by atoms with Gasteiger partial charge in [0.05, 0.1) is 5.69 Å². The zero-order valence-electron chi connectivity index (χ0n) is 15.5. The molecular formula is C19H30N4O. The van der Waals surface area contributed by atoms with Crippen molar-refractivity contribution in [1.82, 2.24) is 14.9 Å². The lowest BCUT2D eigenvalue weighted by Crippen LogP contribution is -2.44. The molecule has 0 radical (unpaired) electrons. The molecule has 0 spiro atoms. The zero-order chi connectivity index (χ0) is 17.3. The van der Waals surface area contributed by atoms with E-state index in [0.717, 1.165) is 56.4 Å². The van der Waals surface area contributed by atoms with Crippen molar-refractivity contribution < 1.29 is 4.79 Å². The quantitative estimate of drug-likeness (QED) is 0.836. The van der Waals surface area contributed by atoms with Gasteiger partial charge < -0.3 is 9.80 Å². The molecule has 0 saturated carbocycles. The van der Waals surface area contributed by atoms with E-state index in [4.69, 9.17) is 4.98 Å². The maximum absolute atomic E-state index is 12.6. The van der Waals surface area contributed by atoms with Crippen molar-refractivity contribution in [3.05, 3.63) is 17.6 Å². The SMILES string of the molecule is Cc1nc([C@H]2CCCN(C(=O)C(C)(C)C)C2)cc(N2CCCC2)n1. The average Bonchev–Trinajstić information content (AvgIpc) is 3.07. The molecule has 0 N–H and O–H groups in total. The number of rotatable bonds is 2. The molecule has 3 rings (SSSR count). The fourth-order valence-corrected chi connectivity index (χ4v) is 3.77. The molecule has 1 aromatic rings. The van der Waals surface area contributed by atoms with Crippen LogP contribution >= 0.6 is 0 Å². The smallest absolute Gasteiger partial charge is 0.227 e. The van der Waals surface area contributed by atoms with E-state index in [9.17, 15) is 4.79 Å². The predicted octanol–water partition coefficient (Wildman–Crippen LogP) is 3.14. The van der Waals surface area contributed by atoms with Crippen LogP contribution in [0, 0.1) is 12.3 Å². The van der Waals surface area contributed by atoms with Gasteiger partial charge in [-0.1, -0.05) is 20.8 Å². The highest BCUT2D eigenvalue weighted by Crippen LogP contribution is 2.30. The number of hydrogen-bond donors (Lipinski definition) is 0. The molecule has 132 valence electrons. The van der Waals surface area contributed by atoms with Gasteiger partial charge in [-0.3, -0.25) is 4.79 Å². The van der Waals surface area contributed by atoms with Crippen LogP contribution in [0.1, 0.15) is 63.9 Å². The van der Waals surface area contributed by atoms with E-state index >= 15 is 0 Å². The fraction of sp³-hybridized carbons (Fsp3) is 0.737. The minimum absolute atomic E-state index is 0.248. The first-order valence-electron chi connectivity index (χ1n) is 9.24. The topological polar surface area (TPSA) is 49.3 Å². The molecule has 5 nitrogen and oxygen atoms in total. The summed E-state index contributed by atoms with van der Waals surface area (Å²) in [6.07, 6.45) is 4.64. The highest BCUT2D eigenvalue weighted by Gasteiger charge is 2.32. The Labute approximate surface area is 145 Å². The van der Waals surface area contributed by atoms with Gasteiger partial charge in [-0.15, -0.1) is 0 Å². The number of anilines is 1. The van der Waals surface area contributed by atoms with Crippen molar-refractivity contribution in [3.63, 3.8) is 0 Å². The summed E-state index contributed by atoms with van der Waals surface area (Å²) in [5.41, 5.74) is 0.792. The summed E-state index contributed by atoms with van der Waals surface area (Å²) in [6, 6.07) is 2.16. The lowest BCUT2D eigenvalue weighted by molar-refractivity contribution is -0.140. The van der Waals surface area contributed by atoms with Gasteiger partial charge in [0.2, 0.25) is 5.91 Å². The highest BCUT2D eigenvalue weighted by atomic mass is 16.2. The second kappa shape index (κ2) is 6.69. The molecule has 24 heavy (non-hydrogen) atoms. The Balaban J connectivity index is 1.79. The van der Waals surface area contributed by atoms with Crippen LogP contribution in [0.3, 0.4) is 0 Å². The molecule has 2 saturated heterocycles. The summed E-state index contributed by atoms with van der Waals surface area (Å²) < 4.78 is 0. The van der Waals surface area contributed by atoms with E-state index in [0.29, 0.717) is 5.92 Å². The van der Waals surface area contributed by atoms with E-state index < -0.39 is 0 Å². The molecular weight excluding hydrogens is 300 g/mol. The largest absolute Gasteiger partial charge is 0.357 e. The monoisotopic (exact) mass is 330 g/mol. The van der Waals surface area contributed by atoms with E-state index in [1.165, 1.54) is 12.8 Å². The average molecular weight is 330 g/mol. The van der Waals surface area contributed by atoms with Crippen molar-refractivity contribution >= 4 is 11.7 Å². The number of amides is 1. The Hall–Kier alpha value is -1.65. The van der Waals surface area contributed by atoms with Crippen molar-refractivity contribution in [2.75, 3.05) is 31.1 Å². The number of carbonyl (C=O) groups is 1. The molecule has 1 aromatic heterocycles. The molecule has 2 aliphatic rings. The van der Waals surface area contributed by atoms with Crippen LogP contribution in [-0.4, -0.2) is 47.0 Å². The molecule has 2 fully saturated rings. The Morgan fingerprint density at radius 3 is 2.50 bits per heavy atom. The predicted molar refractivity (Wildman–Crippen MR) is 96.2 cm³/mol. The standard InChI is InChI=1S/C19H30N4O/c1-14-20-16(12-17(21-14)22-9-5-6-10-22)15-8-7-11-23(13-15)18(24)19(2,3)4/h12,15H,5-11,13H2,1-4H3/t15-/m0/s1. The second-order valence-electron chi connectivity index (χ2n) is 8.23. The Kier molecular flexibility index (Phi) is 4.79. The summed E-state index contributed by atoms with van der Waals surface area (Å²) in [6.45, 7) is 11.8. The maximum Gasteiger partial charge on any atom is 0.227 e. The van der Waals surface area contributed by atoms with Crippen LogP contribution in [0.5, 0.6) is 0 Å². The van der Waals surface area contributed by atoms with Crippen molar-refractivity contribution in [1.29, 1.82) is 0 Å². The van der Waals surface area contributed by atoms with Crippen LogP contribution < -0.4 is 4.90 Å². The summed E-state index contributed by atoms with van der Waals surface area (Å²) in [7, 11) is 0. The molecule has 0 bridgehead atoms. The van der Waals surface area contributed by atoms with Gasteiger partial charge in [-0.25, -0.2) is 9.97 Å². The third-order valence-electron chi connectivity index (χ3n) is 5.04. The van der Waals surface area contributed by atoms with Crippen molar-refractivity contribution in [2.24, 2.45) is 5.41 Å². The number of aromatic nitrogens is 2. The van der Waals surface area contributed by atoms with Crippen LogP contribution in [0.15, 0.2) is 6.07 Å². The minimum atomic E-state index is -0.315. The summed E-state index contributed by atoms with van der Waals surface area (Å²) in [5.74, 6) is 2.48. The normalized spacial score (nSPS) is 22.1. The van der Waals surface area contributed by atoms with Crippen molar-refractivity contribution in [2.45, 2.75) is 59.3 Å². The molecule has 5 heteroatoms.